The molecule has 1 heterocycles. The molecule has 2 atom stereocenters. The fourth-order valence-electron chi connectivity index (χ4n) is 1.28. The van der Waals surface area contributed by atoms with Gasteiger partial charge in [0.15, 0.2) is 0 Å². The van der Waals surface area contributed by atoms with Gasteiger partial charge in [0.05, 0.1) is 6.10 Å². The Hall–Kier alpha value is -0.480. The molecule has 0 saturated carbocycles. The number of unbranched alkanes of at least 4 members (excludes halogenated alkanes) is 3. The van der Waals surface area contributed by atoms with Crippen LogP contribution in [0.25, 0.3) is 0 Å². The van der Waals surface area contributed by atoms with E-state index in [4.69, 9.17) is 11.2 Å². The third kappa shape index (κ3) is 2.95. The van der Waals surface area contributed by atoms with Gasteiger partial charge in [0.2, 0.25) is 0 Å². The van der Waals surface area contributed by atoms with Crippen molar-refractivity contribution in [2.45, 2.75) is 51.2 Å². The molecule has 1 fully saturated rings. The second kappa shape index (κ2) is 4.41. The second-order valence-corrected chi connectivity index (χ2v) is 3.11. The quantitative estimate of drug-likeness (QED) is 0.335. The minimum atomic E-state index is 0.150. The van der Waals surface area contributed by atoms with Gasteiger partial charge in [-0.1, -0.05) is 38.5 Å². The smallest absolute Gasteiger partial charge is 0.144 e. The minimum absolute atomic E-state index is 0.150. The maximum absolute atomic E-state index is 5.21. The molecule has 11 heavy (non-hydrogen) atoms. The number of ether oxygens (including phenoxy) is 1. The monoisotopic (exact) mass is 152 g/mol. The lowest BCUT2D eigenvalue weighted by Gasteiger charge is -1.94. The van der Waals surface area contributed by atoms with Gasteiger partial charge in [-0.25, -0.2) is 0 Å². The molecule has 0 amide bonds. The van der Waals surface area contributed by atoms with Crippen LogP contribution in [0.4, 0.5) is 0 Å². The summed E-state index contributed by atoms with van der Waals surface area (Å²) in [7, 11) is 0. The predicted octanol–water partition coefficient (Wildman–Crippen LogP) is 2.36. The van der Waals surface area contributed by atoms with Crippen molar-refractivity contribution in [1.29, 1.82) is 0 Å². The van der Waals surface area contributed by atoms with Crippen molar-refractivity contribution in [3.05, 3.63) is 0 Å². The van der Waals surface area contributed by atoms with E-state index in [2.05, 4.69) is 12.8 Å². The molecule has 0 bridgehead atoms. The Bertz CT molecular complexity index is 145. The lowest BCUT2D eigenvalue weighted by Crippen LogP contribution is -1.90. The lowest BCUT2D eigenvalue weighted by atomic mass is 10.1. The van der Waals surface area contributed by atoms with Crippen molar-refractivity contribution >= 4 is 0 Å². The number of epoxide rings is 1. The predicted molar refractivity (Wildman–Crippen MR) is 46.3 cm³/mol. The highest BCUT2D eigenvalue weighted by Crippen LogP contribution is 2.26. The molecule has 1 aliphatic rings. The maximum Gasteiger partial charge on any atom is 0.144 e. The Balaban J connectivity index is 1.87. The summed E-state index contributed by atoms with van der Waals surface area (Å²) in [6.07, 6.45) is 12.1. The molecule has 0 N–H and O–H groups in total. The highest BCUT2D eigenvalue weighted by molar-refractivity contribution is 5.07. The normalized spacial score (nSPS) is 28.0. The average molecular weight is 152 g/mol. The highest BCUT2D eigenvalue weighted by atomic mass is 16.6. The average Bonchev–Trinajstić information content (AvgIpc) is 2.77. The first-order valence-electron chi connectivity index (χ1n) is 4.50. The van der Waals surface area contributed by atoms with Crippen molar-refractivity contribution in [2.75, 3.05) is 0 Å². The number of terminal acetylenes is 1. The SMILES string of the molecule is C#C[C@@H]1O[C@H]1CCCCCC. The van der Waals surface area contributed by atoms with Crippen molar-refractivity contribution in [3.63, 3.8) is 0 Å². The Morgan fingerprint density at radius 2 is 2.18 bits per heavy atom. The van der Waals surface area contributed by atoms with Crippen LogP contribution in [0, 0.1) is 12.3 Å². The van der Waals surface area contributed by atoms with Gasteiger partial charge < -0.3 is 4.74 Å². The van der Waals surface area contributed by atoms with Crippen molar-refractivity contribution in [3.8, 4) is 12.3 Å². The topological polar surface area (TPSA) is 12.5 Å². The molecule has 1 heteroatoms. The number of hydrogen-bond acceptors (Lipinski definition) is 1. The zero-order valence-electron chi connectivity index (χ0n) is 7.18. The van der Waals surface area contributed by atoms with Crippen LogP contribution in [0.3, 0.4) is 0 Å². The third-order valence-electron chi connectivity index (χ3n) is 2.09. The van der Waals surface area contributed by atoms with Gasteiger partial charge in [-0.3, -0.25) is 0 Å². The summed E-state index contributed by atoms with van der Waals surface area (Å²) in [6.45, 7) is 2.22. The summed E-state index contributed by atoms with van der Waals surface area (Å²) < 4.78 is 5.21. The van der Waals surface area contributed by atoms with E-state index in [-0.39, 0.29) is 6.10 Å². The molecular formula is C10H16O. The summed E-state index contributed by atoms with van der Waals surface area (Å²) in [6, 6.07) is 0. The number of rotatable bonds is 5. The largest absolute Gasteiger partial charge is 0.356 e. The van der Waals surface area contributed by atoms with Gasteiger partial charge in [-0.2, -0.15) is 0 Å². The summed E-state index contributed by atoms with van der Waals surface area (Å²) in [4.78, 5) is 0. The Labute approximate surface area is 69.1 Å². The van der Waals surface area contributed by atoms with E-state index < -0.39 is 0 Å². The van der Waals surface area contributed by atoms with Gasteiger partial charge >= 0.3 is 0 Å². The summed E-state index contributed by atoms with van der Waals surface area (Å²) in [5.41, 5.74) is 0. The van der Waals surface area contributed by atoms with Crippen LogP contribution in [0.1, 0.15) is 39.0 Å². The molecular weight excluding hydrogens is 136 g/mol. The zero-order chi connectivity index (χ0) is 8.10. The van der Waals surface area contributed by atoms with E-state index in [1.54, 1.807) is 0 Å². The summed E-state index contributed by atoms with van der Waals surface area (Å²) in [5.74, 6) is 2.61. The highest BCUT2D eigenvalue weighted by Gasteiger charge is 2.35. The molecule has 1 saturated heterocycles. The second-order valence-electron chi connectivity index (χ2n) is 3.11. The zero-order valence-corrected chi connectivity index (χ0v) is 7.18. The Morgan fingerprint density at radius 1 is 1.36 bits per heavy atom. The molecule has 1 aliphatic heterocycles. The number of hydrogen-bond donors (Lipinski definition) is 0. The Morgan fingerprint density at radius 3 is 2.73 bits per heavy atom. The van der Waals surface area contributed by atoms with Crippen LogP contribution in [0.15, 0.2) is 0 Å². The third-order valence-corrected chi connectivity index (χ3v) is 2.09. The summed E-state index contributed by atoms with van der Waals surface area (Å²) >= 11 is 0. The van der Waals surface area contributed by atoms with E-state index in [1.165, 1.54) is 25.7 Å². The van der Waals surface area contributed by atoms with E-state index in [0.29, 0.717) is 6.10 Å². The van der Waals surface area contributed by atoms with E-state index >= 15 is 0 Å². The van der Waals surface area contributed by atoms with Crippen LogP contribution in [0.2, 0.25) is 0 Å². The van der Waals surface area contributed by atoms with Crippen LogP contribution in [-0.4, -0.2) is 12.2 Å². The maximum atomic E-state index is 5.21. The molecule has 0 aromatic rings. The van der Waals surface area contributed by atoms with Crippen molar-refractivity contribution < 1.29 is 4.74 Å². The standard InChI is InChI=1S/C10H16O/c1-3-5-6-7-8-10-9(4-2)11-10/h2,9-10H,3,5-8H2,1H3/t9-,10-/m0/s1. The van der Waals surface area contributed by atoms with E-state index in [0.717, 1.165) is 6.42 Å². The van der Waals surface area contributed by atoms with Crippen LogP contribution < -0.4 is 0 Å². The molecule has 0 spiro atoms. The fourth-order valence-corrected chi connectivity index (χ4v) is 1.28. The molecule has 0 unspecified atom stereocenters. The molecule has 62 valence electrons. The van der Waals surface area contributed by atoms with Gasteiger partial charge in [0.25, 0.3) is 0 Å². The first-order valence-corrected chi connectivity index (χ1v) is 4.50. The van der Waals surface area contributed by atoms with Crippen molar-refractivity contribution in [2.24, 2.45) is 0 Å². The first-order chi connectivity index (χ1) is 5.38. The minimum Gasteiger partial charge on any atom is -0.356 e. The van der Waals surface area contributed by atoms with Crippen molar-refractivity contribution in [1.82, 2.24) is 0 Å². The molecule has 1 rings (SSSR count). The van der Waals surface area contributed by atoms with Crippen LogP contribution in [0.5, 0.6) is 0 Å². The lowest BCUT2D eigenvalue weighted by molar-refractivity contribution is 0.375. The van der Waals surface area contributed by atoms with Crippen LogP contribution in [-0.2, 0) is 4.74 Å². The molecule has 1 nitrogen and oxygen atoms in total. The Kier molecular flexibility index (Phi) is 3.45. The van der Waals surface area contributed by atoms with Gasteiger partial charge in [-0.05, 0) is 6.42 Å². The van der Waals surface area contributed by atoms with Gasteiger partial charge in [0.1, 0.15) is 6.10 Å². The molecule has 0 aliphatic carbocycles. The summed E-state index contributed by atoms with van der Waals surface area (Å²) in [5, 5.41) is 0. The van der Waals surface area contributed by atoms with Gasteiger partial charge in [-0.15, -0.1) is 6.42 Å². The fraction of sp³-hybridized carbons (Fsp3) is 0.800. The van der Waals surface area contributed by atoms with E-state index in [9.17, 15) is 0 Å². The molecule has 0 aromatic carbocycles. The van der Waals surface area contributed by atoms with Crippen LogP contribution >= 0.6 is 0 Å². The molecule has 0 aromatic heterocycles. The first kappa shape index (κ1) is 8.62. The van der Waals surface area contributed by atoms with Gasteiger partial charge in [0, 0.05) is 0 Å². The van der Waals surface area contributed by atoms with E-state index in [1.807, 2.05) is 0 Å². The molecule has 0 radical (unpaired) electrons.